The summed E-state index contributed by atoms with van der Waals surface area (Å²) in [6.07, 6.45) is 0. The van der Waals surface area contributed by atoms with E-state index in [1.165, 1.54) is 20.8 Å². The molecule has 1 aromatic carbocycles. The summed E-state index contributed by atoms with van der Waals surface area (Å²) in [4.78, 5) is 11.0. The fraction of sp³-hybridized carbons (Fsp3) is 0.417. The highest BCUT2D eigenvalue weighted by Gasteiger charge is 2.41. The van der Waals surface area contributed by atoms with Crippen molar-refractivity contribution < 1.29 is 22.7 Å². The van der Waals surface area contributed by atoms with Gasteiger partial charge < -0.3 is 10.8 Å². The monoisotopic (exact) mass is 304 g/mol. The molecular weight excluding hydrogens is 287 g/mol. The van der Waals surface area contributed by atoms with E-state index < -0.39 is 33.4 Å². The van der Waals surface area contributed by atoms with Gasteiger partial charge in [-0.15, -0.1) is 0 Å². The fourth-order valence-electron chi connectivity index (χ4n) is 1.50. The van der Waals surface area contributed by atoms with Crippen molar-refractivity contribution in [2.45, 2.75) is 31.4 Å². The Balaban J connectivity index is 3.23. The van der Waals surface area contributed by atoms with Gasteiger partial charge in [0.25, 0.3) is 5.91 Å². The largest absolute Gasteiger partial charge is 0.366 e. The van der Waals surface area contributed by atoms with Gasteiger partial charge in [-0.2, -0.15) is 4.72 Å². The van der Waals surface area contributed by atoms with Gasteiger partial charge in [-0.05, 0) is 30.7 Å². The Labute approximate surface area is 116 Å². The minimum Gasteiger partial charge on any atom is -0.366 e. The zero-order valence-corrected chi connectivity index (χ0v) is 12.2. The van der Waals surface area contributed by atoms with Crippen molar-refractivity contribution in [1.29, 1.82) is 0 Å². The van der Waals surface area contributed by atoms with Crippen LogP contribution in [0.25, 0.3) is 0 Å². The Hall–Kier alpha value is -1.51. The van der Waals surface area contributed by atoms with Crippen LogP contribution >= 0.6 is 0 Å². The van der Waals surface area contributed by atoms with E-state index in [9.17, 15) is 22.7 Å². The molecule has 0 aliphatic heterocycles. The van der Waals surface area contributed by atoms with Gasteiger partial charge in [0.1, 0.15) is 5.82 Å². The standard InChI is InChI=1S/C12H17FN2O4S/c1-7(2)12(17,11(14)16)15-20(18,19)9-4-5-10(13)8(3)6-9/h4-7,15,17H,1-3H3,(H2,14,16)/t12-/m1/s1. The molecule has 0 fully saturated rings. The molecule has 0 heterocycles. The van der Waals surface area contributed by atoms with E-state index >= 15 is 0 Å². The van der Waals surface area contributed by atoms with Crippen LogP contribution in [0.3, 0.4) is 0 Å². The molecule has 0 saturated carbocycles. The summed E-state index contributed by atoms with van der Waals surface area (Å²) in [7, 11) is -4.21. The molecule has 0 aromatic heterocycles. The first-order valence-electron chi connectivity index (χ1n) is 5.83. The summed E-state index contributed by atoms with van der Waals surface area (Å²) in [5.41, 5.74) is 2.74. The number of nitrogens with two attached hydrogens (primary N) is 1. The molecular formula is C12H17FN2O4S. The average molecular weight is 304 g/mol. The lowest BCUT2D eigenvalue weighted by Crippen LogP contribution is -2.60. The van der Waals surface area contributed by atoms with Crippen molar-refractivity contribution in [3.63, 3.8) is 0 Å². The molecule has 20 heavy (non-hydrogen) atoms. The van der Waals surface area contributed by atoms with Crippen LogP contribution in [0.4, 0.5) is 4.39 Å². The third-order valence-corrected chi connectivity index (χ3v) is 4.40. The highest BCUT2D eigenvalue weighted by atomic mass is 32.2. The van der Waals surface area contributed by atoms with Crippen LogP contribution < -0.4 is 10.5 Å². The first-order chi connectivity index (χ1) is 9.00. The summed E-state index contributed by atoms with van der Waals surface area (Å²) in [5.74, 6) is -2.55. The molecule has 8 heteroatoms. The zero-order chi connectivity index (χ0) is 15.7. The van der Waals surface area contributed by atoms with Crippen LogP contribution in [0.5, 0.6) is 0 Å². The summed E-state index contributed by atoms with van der Waals surface area (Å²) in [5, 5.41) is 10.0. The lowest BCUT2D eigenvalue weighted by molar-refractivity contribution is -0.142. The van der Waals surface area contributed by atoms with Gasteiger partial charge in [0.15, 0.2) is 0 Å². The van der Waals surface area contributed by atoms with Gasteiger partial charge in [0.05, 0.1) is 4.90 Å². The molecule has 6 nitrogen and oxygen atoms in total. The Kier molecular flexibility index (Phi) is 4.52. The Bertz CT molecular complexity index is 630. The number of halogens is 1. The minimum atomic E-state index is -4.21. The third kappa shape index (κ3) is 3.14. The van der Waals surface area contributed by atoms with Crippen molar-refractivity contribution in [3.05, 3.63) is 29.6 Å². The van der Waals surface area contributed by atoms with Crippen molar-refractivity contribution in [3.8, 4) is 0 Å². The number of rotatable bonds is 5. The molecule has 1 aromatic rings. The molecule has 0 aliphatic carbocycles. The van der Waals surface area contributed by atoms with E-state index in [0.717, 1.165) is 18.2 Å². The van der Waals surface area contributed by atoms with Gasteiger partial charge in [0.2, 0.25) is 15.7 Å². The second-order valence-electron chi connectivity index (χ2n) is 4.80. The van der Waals surface area contributed by atoms with Gasteiger partial charge in [0, 0.05) is 5.92 Å². The number of carbonyl (C=O) groups is 1. The number of primary amides is 1. The van der Waals surface area contributed by atoms with E-state index in [4.69, 9.17) is 5.73 Å². The molecule has 0 saturated heterocycles. The SMILES string of the molecule is Cc1cc(S(=O)(=O)N[C@](O)(C(N)=O)C(C)C)ccc1F. The number of benzene rings is 1. The summed E-state index contributed by atoms with van der Waals surface area (Å²) in [6.45, 7) is 4.27. The maximum absolute atomic E-state index is 13.1. The lowest BCUT2D eigenvalue weighted by atomic mass is 10.0. The molecule has 0 spiro atoms. The number of sulfonamides is 1. The normalized spacial score (nSPS) is 15.1. The number of hydrogen-bond donors (Lipinski definition) is 3. The topological polar surface area (TPSA) is 109 Å². The molecule has 0 unspecified atom stereocenters. The number of hydrogen-bond acceptors (Lipinski definition) is 4. The van der Waals surface area contributed by atoms with Crippen LogP contribution in [-0.4, -0.2) is 25.2 Å². The van der Waals surface area contributed by atoms with Crippen molar-refractivity contribution in [2.24, 2.45) is 11.7 Å². The first-order valence-corrected chi connectivity index (χ1v) is 7.31. The van der Waals surface area contributed by atoms with Crippen LogP contribution in [0.15, 0.2) is 23.1 Å². The predicted molar refractivity (Wildman–Crippen MR) is 70.4 cm³/mol. The minimum absolute atomic E-state index is 0.125. The van der Waals surface area contributed by atoms with E-state index in [1.54, 1.807) is 0 Å². The quantitative estimate of drug-likeness (QED) is 0.677. The Morgan fingerprint density at radius 1 is 1.45 bits per heavy atom. The molecule has 112 valence electrons. The third-order valence-electron chi connectivity index (χ3n) is 2.94. The highest BCUT2D eigenvalue weighted by molar-refractivity contribution is 7.89. The molecule has 1 amide bonds. The molecule has 1 rings (SSSR count). The van der Waals surface area contributed by atoms with Crippen LogP contribution in [-0.2, 0) is 14.8 Å². The summed E-state index contributed by atoms with van der Waals surface area (Å²) in [6, 6.07) is 3.12. The molecule has 0 bridgehead atoms. The number of carbonyl (C=O) groups excluding carboxylic acids is 1. The summed E-state index contributed by atoms with van der Waals surface area (Å²) < 4.78 is 39.2. The second-order valence-corrected chi connectivity index (χ2v) is 6.48. The van der Waals surface area contributed by atoms with Crippen LogP contribution in [0.1, 0.15) is 19.4 Å². The van der Waals surface area contributed by atoms with Gasteiger partial charge in [-0.25, -0.2) is 12.8 Å². The highest BCUT2D eigenvalue weighted by Crippen LogP contribution is 2.19. The van der Waals surface area contributed by atoms with Crippen molar-refractivity contribution in [1.82, 2.24) is 4.72 Å². The average Bonchev–Trinajstić information content (AvgIpc) is 2.31. The molecule has 0 radical (unpaired) electrons. The number of aliphatic hydroxyl groups is 1. The van der Waals surface area contributed by atoms with Crippen LogP contribution in [0, 0.1) is 18.7 Å². The fourth-order valence-corrected chi connectivity index (χ4v) is 2.94. The number of aryl methyl sites for hydroxylation is 1. The number of amides is 1. The van der Waals surface area contributed by atoms with E-state index in [1.807, 2.05) is 4.72 Å². The number of nitrogens with one attached hydrogen (secondary N) is 1. The molecule has 0 aliphatic rings. The molecule has 1 atom stereocenters. The van der Waals surface area contributed by atoms with Crippen molar-refractivity contribution >= 4 is 15.9 Å². The zero-order valence-electron chi connectivity index (χ0n) is 11.3. The molecule has 4 N–H and O–H groups in total. The lowest BCUT2D eigenvalue weighted by Gasteiger charge is -2.29. The second kappa shape index (κ2) is 5.47. The van der Waals surface area contributed by atoms with Gasteiger partial charge in [-0.3, -0.25) is 4.79 Å². The maximum Gasteiger partial charge on any atom is 0.266 e. The van der Waals surface area contributed by atoms with E-state index in [0.29, 0.717) is 0 Å². The van der Waals surface area contributed by atoms with E-state index in [-0.39, 0.29) is 10.5 Å². The maximum atomic E-state index is 13.1. The first kappa shape index (κ1) is 16.5. The van der Waals surface area contributed by atoms with Gasteiger partial charge >= 0.3 is 0 Å². The van der Waals surface area contributed by atoms with Crippen molar-refractivity contribution in [2.75, 3.05) is 0 Å². The Morgan fingerprint density at radius 2 is 2.00 bits per heavy atom. The van der Waals surface area contributed by atoms with E-state index in [2.05, 4.69) is 0 Å². The predicted octanol–water partition coefficient (Wildman–Crippen LogP) is 0.242. The Morgan fingerprint density at radius 3 is 2.40 bits per heavy atom. The van der Waals surface area contributed by atoms with Crippen LogP contribution in [0.2, 0.25) is 0 Å². The smallest absolute Gasteiger partial charge is 0.266 e. The summed E-state index contributed by atoms with van der Waals surface area (Å²) >= 11 is 0. The van der Waals surface area contributed by atoms with Gasteiger partial charge in [-0.1, -0.05) is 13.8 Å².